The zero-order valence-electron chi connectivity index (χ0n) is 6.15. The standard InChI is InChI=1S/C7H17N/c1-6(2)7(3)4-5-8/h6-7H,4-5,8H2,1-3H3/t7-/m0/s1. The van der Waals surface area contributed by atoms with Gasteiger partial charge in [-0.05, 0) is 24.8 Å². The lowest BCUT2D eigenvalue weighted by Crippen LogP contribution is -2.10. The van der Waals surface area contributed by atoms with E-state index in [2.05, 4.69) is 20.8 Å². The molecule has 0 spiro atoms. The third kappa shape index (κ3) is 3.03. The highest BCUT2D eigenvalue weighted by molar-refractivity contribution is 4.56. The van der Waals surface area contributed by atoms with E-state index in [-0.39, 0.29) is 0 Å². The Bertz CT molecular complexity index is 50.3. The molecule has 0 amide bonds. The van der Waals surface area contributed by atoms with Crippen molar-refractivity contribution >= 4 is 0 Å². The van der Waals surface area contributed by atoms with Crippen molar-refractivity contribution in [3.8, 4) is 0 Å². The Kier molecular flexibility index (Phi) is 3.88. The predicted octanol–water partition coefficient (Wildman–Crippen LogP) is 1.63. The molecule has 8 heavy (non-hydrogen) atoms. The fourth-order valence-electron chi connectivity index (χ4n) is 0.596. The van der Waals surface area contributed by atoms with Crippen LogP contribution < -0.4 is 5.73 Å². The number of nitrogens with two attached hydrogens (primary N) is 1. The van der Waals surface area contributed by atoms with Crippen molar-refractivity contribution in [2.45, 2.75) is 27.2 Å². The van der Waals surface area contributed by atoms with E-state index in [0.717, 1.165) is 24.8 Å². The molecule has 50 valence electrons. The van der Waals surface area contributed by atoms with Crippen LogP contribution in [0.25, 0.3) is 0 Å². The van der Waals surface area contributed by atoms with E-state index in [0.29, 0.717) is 0 Å². The minimum atomic E-state index is 0.790. The van der Waals surface area contributed by atoms with Gasteiger partial charge in [0, 0.05) is 0 Å². The first kappa shape index (κ1) is 7.96. The summed E-state index contributed by atoms with van der Waals surface area (Å²) in [6.45, 7) is 7.55. The van der Waals surface area contributed by atoms with Crippen LogP contribution in [0.1, 0.15) is 27.2 Å². The zero-order valence-corrected chi connectivity index (χ0v) is 6.15. The van der Waals surface area contributed by atoms with Gasteiger partial charge in [-0.1, -0.05) is 20.8 Å². The van der Waals surface area contributed by atoms with Gasteiger partial charge in [0.05, 0.1) is 0 Å². The van der Waals surface area contributed by atoms with Crippen LogP contribution in [-0.2, 0) is 0 Å². The summed E-state index contributed by atoms with van der Waals surface area (Å²) in [5.74, 6) is 1.58. The Hall–Kier alpha value is -0.0400. The summed E-state index contributed by atoms with van der Waals surface area (Å²) >= 11 is 0. The van der Waals surface area contributed by atoms with Crippen molar-refractivity contribution in [3.63, 3.8) is 0 Å². The van der Waals surface area contributed by atoms with Gasteiger partial charge in [0.2, 0.25) is 0 Å². The van der Waals surface area contributed by atoms with Crippen molar-refractivity contribution < 1.29 is 0 Å². The maximum absolute atomic E-state index is 5.37. The van der Waals surface area contributed by atoms with Crippen LogP contribution in [0, 0.1) is 11.8 Å². The summed E-state index contributed by atoms with van der Waals surface area (Å²) < 4.78 is 0. The van der Waals surface area contributed by atoms with E-state index >= 15 is 0 Å². The van der Waals surface area contributed by atoms with Crippen LogP contribution in [0.3, 0.4) is 0 Å². The third-order valence-corrected chi connectivity index (χ3v) is 1.76. The normalized spacial score (nSPS) is 14.6. The predicted molar refractivity (Wildman–Crippen MR) is 37.7 cm³/mol. The van der Waals surface area contributed by atoms with Crippen molar-refractivity contribution in [1.82, 2.24) is 0 Å². The van der Waals surface area contributed by atoms with Crippen molar-refractivity contribution in [2.75, 3.05) is 6.54 Å². The fourth-order valence-corrected chi connectivity index (χ4v) is 0.596. The lowest BCUT2D eigenvalue weighted by molar-refractivity contribution is 0.397. The van der Waals surface area contributed by atoms with Crippen LogP contribution in [-0.4, -0.2) is 6.54 Å². The summed E-state index contributed by atoms with van der Waals surface area (Å²) in [4.78, 5) is 0. The Labute approximate surface area is 52.3 Å². The monoisotopic (exact) mass is 115 g/mol. The van der Waals surface area contributed by atoms with Gasteiger partial charge < -0.3 is 5.73 Å². The summed E-state index contributed by atoms with van der Waals surface area (Å²) in [5, 5.41) is 0. The molecule has 2 N–H and O–H groups in total. The maximum atomic E-state index is 5.37. The van der Waals surface area contributed by atoms with Gasteiger partial charge in [-0.25, -0.2) is 0 Å². The second-order valence-electron chi connectivity index (χ2n) is 2.80. The average Bonchev–Trinajstić information content (AvgIpc) is 1.67. The number of hydrogen-bond donors (Lipinski definition) is 1. The molecule has 0 rings (SSSR count). The molecule has 0 radical (unpaired) electrons. The Balaban J connectivity index is 3.17. The smallest absolute Gasteiger partial charge is 0.00746 e. The number of hydrogen-bond acceptors (Lipinski definition) is 1. The molecular weight excluding hydrogens is 98.1 g/mol. The van der Waals surface area contributed by atoms with Gasteiger partial charge in [0.15, 0.2) is 0 Å². The average molecular weight is 115 g/mol. The minimum absolute atomic E-state index is 0.790. The van der Waals surface area contributed by atoms with Crippen LogP contribution in [0.15, 0.2) is 0 Å². The SMILES string of the molecule is CC(C)[C@@H](C)CCN. The first-order valence-electron chi connectivity index (χ1n) is 3.38. The van der Waals surface area contributed by atoms with Gasteiger partial charge in [0.1, 0.15) is 0 Å². The second kappa shape index (κ2) is 3.90. The lowest BCUT2D eigenvalue weighted by atomic mass is 9.95. The largest absolute Gasteiger partial charge is 0.330 e. The Morgan fingerprint density at radius 3 is 1.88 bits per heavy atom. The molecule has 0 bridgehead atoms. The molecule has 0 saturated carbocycles. The van der Waals surface area contributed by atoms with Gasteiger partial charge in [0.25, 0.3) is 0 Å². The summed E-state index contributed by atoms with van der Waals surface area (Å²) in [5.41, 5.74) is 5.37. The zero-order chi connectivity index (χ0) is 6.57. The van der Waals surface area contributed by atoms with E-state index in [1.807, 2.05) is 0 Å². The fraction of sp³-hybridized carbons (Fsp3) is 1.00. The molecule has 0 aromatic carbocycles. The van der Waals surface area contributed by atoms with Gasteiger partial charge in [-0.3, -0.25) is 0 Å². The summed E-state index contributed by atoms with van der Waals surface area (Å²) in [6, 6.07) is 0. The summed E-state index contributed by atoms with van der Waals surface area (Å²) in [6.07, 6.45) is 1.16. The van der Waals surface area contributed by atoms with Crippen molar-refractivity contribution in [3.05, 3.63) is 0 Å². The van der Waals surface area contributed by atoms with Crippen molar-refractivity contribution in [2.24, 2.45) is 17.6 Å². The van der Waals surface area contributed by atoms with Gasteiger partial charge in [-0.15, -0.1) is 0 Å². The second-order valence-corrected chi connectivity index (χ2v) is 2.80. The topological polar surface area (TPSA) is 26.0 Å². The summed E-state index contributed by atoms with van der Waals surface area (Å²) in [7, 11) is 0. The van der Waals surface area contributed by atoms with Crippen LogP contribution in [0.2, 0.25) is 0 Å². The van der Waals surface area contributed by atoms with Crippen molar-refractivity contribution in [1.29, 1.82) is 0 Å². The first-order chi connectivity index (χ1) is 3.68. The van der Waals surface area contributed by atoms with E-state index in [4.69, 9.17) is 5.73 Å². The minimum Gasteiger partial charge on any atom is -0.330 e. The Morgan fingerprint density at radius 1 is 1.25 bits per heavy atom. The number of rotatable bonds is 3. The molecule has 1 nitrogen and oxygen atoms in total. The Morgan fingerprint density at radius 2 is 1.75 bits per heavy atom. The molecular formula is C7H17N. The molecule has 0 fully saturated rings. The first-order valence-corrected chi connectivity index (χ1v) is 3.38. The molecule has 0 aromatic heterocycles. The molecule has 0 aromatic rings. The highest BCUT2D eigenvalue weighted by atomic mass is 14.5. The quantitative estimate of drug-likeness (QED) is 0.594. The molecule has 0 aliphatic carbocycles. The highest BCUT2D eigenvalue weighted by Gasteiger charge is 2.03. The molecule has 1 heteroatoms. The molecule has 0 aliphatic rings. The van der Waals surface area contributed by atoms with Crippen LogP contribution >= 0.6 is 0 Å². The van der Waals surface area contributed by atoms with E-state index < -0.39 is 0 Å². The van der Waals surface area contributed by atoms with E-state index in [1.165, 1.54) is 0 Å². The lowest BCUT2D eigenvalue weighted by Gasteiger charge is -2.12. The molecule has 0 aliphatic heterocycles. The molecule has 0 saturated heterocycles. The van der Waals surface area contributed by atoms with E-state index in [1.54, 1.807) is 0 Å². The van der Waals surface area contributed by atoms with Crippen LogP contribution in [0.4, 0.5) is 0 Å². The van der Waals surface area contributed by atoms with E-state index in [9.17, 15) is 0 Å². The third-order valence-electron chi connectivity index (χ3n) is 1.76. The van der Waals surface area contributed by atoms with Gasteiger partial charge >= 0.3 is 0 Å². The molecule has 0 heterocycles. The molecule has 1 atom stereocenters. The van der Waals surface area contributed by atoms with Gasteiger partial charge in [-0.2, -0.15) is 0 Å². The molecule has 0 unspecified atom stereocenters. The highest BCUT2D eigenvalue weighted by Crippen LogP contribution is 2.11. The van der Waals surface area contributed by atoms with Crippen LogP contribution in [0.5, 0.6) is 0 Å². The maximum Gasteiger partial charge on any atom is -0.00746 e.